The molecule has 0 saturated carbocycles. The Morgan fingerprint density at radius 3 is 2.48 bits per heavy atom. The largest absolute Gasteiger partial charge is 0.494 e. The minimum atomic E-state index is 0.0467. The van der Waals surface area contributed by atoms with Crippen molar-refractivity contribution in [3.05, 3.63) is 65.7 Å². The molecule has 1 aliphatic heterocycles. The molecule has 144 valence electrons. The maximum atomic E-state index is 12.4. The van der Waals surface area contributed by atoms with Gasteiger partial charge in [-0.15, -0.1) is 0 Å². The molecule has 27 heavy (non-hydrogen) atoms. The number of nitrogens with zero attached hydrogens (tertiary/aromatic N) is 1. The van der Waals surface area contributed by atoms with Crippen molar-refractivity contribution in [1.82, 2.24) is 10.2 Å². The highest BCUT2D eigenvalue weighted by Crippen LogP contribution is 2.24. The third-order valence-electron chi connectivity index (χ3n) is 4.76. The van der Waals surface area contributed by atoms with E-state index in [1.54, 1.807) is 0 Å². The third-order valence-corrected chi connectivity index (χ3v) is 4.76. The Morgan fingerprint density at radius 2 is 1.81 bits per heavy atom. The van der Waals surface area contributed by atoms with Gasteiger partial charge in [-0.1, -0.05) is 42.5 Å². The number of hydrogen-bond acceptors (Lipinski definition) is 4. The monoisotopic (exact) mass is 368 g/mol. The molecule has 0 radical (unpaired) electrons. The van der Waals surface area contributed by atoms with Crippen LogP contribution in [0, 0.1) is 0 Å². The van der Waals surface area contributed by atoms with Gasteiger partial charge >= 0.3 is 0 Å². The van der Waals surface area contributed by atoms with Gasteiger partial charge in [-0.2, -0.15) is 0 Å². The minimum Gasteiger partial charge on any atom is -0.494 e. The Morgan fingerprint density at radius 1 is 1.11 bits per heavy atom. The highest BCUT2D eigenvalue weighted by atomic mass is 16.5. The van der Waals surface area contributed by atoms with Crippen molar-refractivity contribution in [2.24, 2.45) is 0 Å². The first-order chi connectivity index (χ1) is 13.3. The van der Waals surface area contributed by atoms with Gasteiger partial charge < -0.3 is 14.8 Å². The molecule has 1 aliphatic rings. The van der Waals surface area contributed by atoms with Crippen LogP contribution in [0.3, 0.4) is 0 Å². The lowest BCUT2D eigenvalue weighted by atomic mass is 10.0. The van der Waals surface area contributed by atoms with E-state index in [1.165, 1.54) is 5.56 Å². The summed E-state index contributed by atoms with van der Waals surface area (Å²) in [6, 6.07) is 18.1. The molecule has 1 heterocycles. The molecule has 0 spiro atoms. The summed E-state index contributed by atoms with van der Waals surface area (Å²) in [5.74, 6) is 0.917. The molecule has 5 heteroatoms. The summed E-state index contributed by atoms with van der Waals surface area (Å²) >= 11 is 0. The Bertz CT molecular complexity index is 697. The quantitative estimate of drug-likeness (QED) is 0.778. The van der Waals surface area contributed by atoms with Crippen LogP contribution in [0.5, 0.6) is 5.75 Å². The van der Waals surface area contributed by atoms with E-state index < -0.39 is 0 Å². The second kappa shape index (κ2) is 10.1. The summed E-state index contributed by atoms with van der Waals surface area (Å²) in [5, 5.41) is 3.11. The highest BCUT2D eigenvalue weighted by Gasteiger charge is 2.23. The minimum absolute atomic E-state index is 0.0467. The van der Waals surface area contributed by atoms with E-state index in [4.69, 9.17) is 9.47 Å². The maximum absolute atomic E-state index is 12.4. The number of amides is 1. The SMILES string of the molecule is CCOc1ccc(C(CNC(=O)Cc2ccccc2)N2CCOCC2)cc1. The Kier molecular flexibility index (Phi) is 7.25. The number of hydrogen-bond donors (Lipinski definition) is 1. The molecule has 0 bridgehead atoms. The predicted molar refractivity (Wildman–Crippen MR) is 106 cm³/mol. The zero-order chi connectivity index (χ0) is 18.9. The zero-order valence-corrected chi connectivity index (χ0v) is 15.9. The van der Waals surface area contributed by atoms with Crippen molar-refractivity contribution in [2.75, 3.05) is 39.5 Å². The van der Waals surface area contributed by atoms with E-state index >= 15 is 0 Å². The third kappa shape index (κ3) is 5.81. The van der Waals surface area contributed by atoms with E-state index in [0.29, 0.717) is 19.6 Å². The number of rotatable bonds is 8. The first-order valence-corrected chi connectivity index (χ1v) is 9.61. The number of carbonyl (C=O) groups excluding carboxylic acids is 1. The number of ether oxygens (including phenoxy) is 2. The van der Waals surface area contributed by atoms with Crippen molar-refractivity contribution in [3.63, 3.8) is 0 Å². The second-order valence-electron chi connectivity index (χ2n) is 6.63. The Labute approximate surface area is 161 Å². The summed E-state index contributed by atoms with van der Waals surface area (Å²) in [6.45, 7) is 6.41. The van der Waals surface area contributed by atoms with Gasteiger partial charge in [0, 0.05) is 19.6 Å². The molecule has 2 aromatic rings. The summed E-state index contributed by atoms with van der Waals surface area (Å²) < 4.78 is 11.0. The lowest BCUT2D eigenvalue weighted by Crippen LogP contribution is -2.44. The molecule has 3 rings (SSSR count). The summed E-state index contributed by atoms with van der Waals surface area (Å²) in [4.78, 5) is 14.8. The van der Waals surface area contributed by atoms with Crippen molar-refractivity contribution in [2.45, 2.75) is 19.4 Å². The van der Waals surface area contributed by atoms with Crippen LogP contribution in [0.1, 0.15) is 24.1 Å². The van der Waals surface area contributed by atoms with Crippen LogP contribution in [0.4, 0.5) is 0 Å². The van der Waals surface area contributed by atoms with Gasteiger partial charge in [-0.3, -0.25) is 9.69 Å². The van der Waals surface area contributed by atoms with Crippen LogP contribution in [-0.4, -0.2) is 50.3 Å². The van der Waals surface area contributed by atoms with Gasteiger partial charge in [0.15, 0.2) is 0 Å². The van der Waals surface area contributed by atoms with Gasteiger partial charge in [0.2, 0.25) is 5.91 Å². The van der Waals surface area contributed by atoms with Gasteiger partial charge in [-0.25, -0.2) is 0 Å². The van der Waals surface area contributed by atoms with Crippen LogP contribution < -0.4 is 10.1 Å². The van der Waals surface area contributed by atoms with E-state index in [2.05, 4.69) is 22.3 Å². The van der Waals surface area contributed by atoms with Crippen molar-refractivity contribution in [1.29, 1.82) is 0 Å². The van der Waals surface area contributed by atoms with Crippen LogP contribution in [0.25, 0.3) is 0 Å². The Hall–Kier alpha value is -2.37. The van der Waals surface area contributed by atoms with Crippen LogP contribution in [0.2, 0.25) is 0 Å². The molecule has 2 aromatic carbocycles. The second-order valence-corrected chi connectivity index (χ2v) is 6.63. The summed E-state index contributed by atoms with van der Waals surface area (Å²) in [6.07, 6.45) is 0.403. The molecule has 1 atom stereocenters. The first-order valence-electron chi connectivity index (χ1n) is 9.61. The van der Waals surface area contributed by atoms with E-state index in [9.17, 15) is 4.79 Å². The van der Waals surface area contributed by atoms with E-state index in [0.717, 1.165) is 37.6 Å². The first kappa shape index (κ1) is 19.4. The fraction of sp³-hybridized carbons (Fsp3) is 0.409. The standard InChI is InChI=1S/C22H28N2O3/c1-2-27-20-10-8-19(9-11-20)21(24-12-14-26-15-13-24)17-23-22(25)16-18-6-4-3-5-7-18/h3-11,21H,2,12-17H2,1H3,(H,23,25). The van der Waals surface area contributed by atoms with Gasteiger partial charge in [-0.05, 0) is 30.2 Å². The van der Waals surface area contributed by atoms with E-state index in [1.807, 2.05) is 49.4 Å². The highest BCUT2D eigenvalue weighted by molar-refractivity contribution is 5.78. The molecule has 1 unspecified atom stereocenters. The predicted octanol–water partition coefficient (Wildman–Crippen LogP) is 2.82. The summed E-state index contributed by atoms with van der Waals surface area (Å²) in [5.41, 5.74) is 2.21. The van der Waals surface area contributed by atoms with Crippen LogP contribution in [0.15, 0.2) is 54.6 Å². The van der Waals surface area contributed by atoms with Gasteiger partial charge in [0.1, 0.15) is 5.75 Å². The molecule has 0 aromatic heterocycles. The normalized spacial score (nSPS) is 15.9. The number of nitrogens with one attached hydrogen (secondary N) is 1. The molecular weight excluding hydrogens is 340 g/mol. The van der Waals surface area contributed by atoms with Gasteiger partial charge in [0.05, 0.1) is 32.3 Å². The molecule has 1 amide bonds. The average molecular weight is 368 g/mol. The Balaban J connectivity index is 1.65. The van der Waals surface area contributed by atoms with Crippen molar-refractivity contribution < 1.29 is 14.3 Å². The molecular formula is C22H28N2O3. The fourth-order valence-electron chi connectivity index (χ4n) is 3.35. The molecule has 5 nitrogen and oxygen atoms in total. The number of morpholine rings is 1. The smallest absolute Gasteiger partial charge is 0.224 e. The average Bonchev–Trinajstić information content (AvgIpc) is 2.71. The fourth-order valence-corrected chi connectivity index (χ4v) is 3.35. The number of carbonyl (C=O) groups is 1. The molecule has 1 fully saturated rings. The topological polar surface area (TPSA) is 50.8 Å². The lowest BCUT2D eigenvalue weighted by Gasteiger charge is -2.35. The van der Waals surface area contributed by atoms with E-state index in [-0.39, 0.29) is 11.9 Å². The number of benzene rings is 2. The van der Waals surface area contributed by atoms with Crippen LogP contribution in [-0.2, 0) is 16.0 Å². The van der Waals surface area contributed by atoms with Gasteiger partial charge in [0.25, 0.3) is 0 Å². The van der Waals surface area contributed by atoms with Crippen molar-refractivity contribution >= 4 is 5.91 Å². The molecule has 0 aliphatic carbocycles. The summed E-state index contributed by atoms with van der Waals surface area (Å²) in [7, 11) is 0. The molecule has 1 saturated heterocycles. The zero-order valence-electron chi connectivity index (χ0n) is 15.9. The van der Waals surface area contributed by atoms with Crippen LogP contribution >= 0.6 is 0 Å². The van der Waals surface area contributed by atoms with Crippen molar-refractivity contribution in [3.8, 4) is 5.75 Å². The molecule has 1 N–H and O–H groups in total. The lowest BCUT2D eigenvalue weighted by molar-refractivity contribution is -0.120. The maximum Gasteiger partial charge on any atom is 0.224 e.